The second-order valence-electron chi connectivity index (χ2n) is 5.83. The standard InChI is InChI=1S/C16H20N4O2/c1-16(2,3)20-15-17-9-8-13(19-15)14(21)18-11-6-5-7-12(10-11)22-4/h5-10H,1-4H3,(H,18,21)(H,17,19,20). The molecule has 1 aromatic heterocycles. The zero-order valence-electron chi connectivity index (χ0n) is 13.2. The van der Waals surface area contributed by atoms with Crippen LogP contribution in [0.15, 0.2) is 36.5 Å². The average molecular weight is 300 g/mol. The Morgan fingerprint density at radius 3 is 2.68 bits per heavy atom. The summed E-state index contributed by atoms with van der Waals surface area (Å²) in [6.45, 7) is 6.00. The second kappa shape index (κ2) is 6.43. The van der Waals surface area contributed by atoms with Crippen LogP contribution in [0.25, 0.3) is 0 Å². The van der Waals surface area contributed by atoms with E-state index in [0.717, 1.165) is 0 Å². The molecule has 2 N–H and O–H groups in total. The number of benzene rings is 1. The van der Waals surface area contributed by atoms with Gasteiger partial charge in [0.1, 0.15) is 11.4 Å². The molecule has 0 radical (unpaired) electrons. The van der Waals surface area contributed by atoms with Crippen LogP contribution >= 0.6 is 0 Å². The van der Waals surface area contributed by atoms with Gasteiger partial charge in [0.15, 0.2) is 0 Å². The Balaban J connectivity index is 2.14. The molecule has 0 fully saturated rings. The second-order valence-corrected chi connectivity index (χ2v) is 5.83. The molecule has 116 valence electrons. The molecule has 0 aliphatic carbocycles. The fourth-order valence-corrected chi connectivity index (χ4v) is 1.78. The van der Waals surface area contributed by atoms with Gasteiger partial charge < -0.3 is 15.4 Å². The first-order valence-corrected chi connectivity index (χ1v) is 6.94. The van der Waals surface area contributed by atoms with E-state index in [1.165, 1.54) is 0 Å². The van der Waals surface area contributed by atoms with Crippen LogP contribution in [-0.4, -0.2) is 28.5 Å². The van der Waals surface area contributed by atoms with E-state index in [1.54, 1.807) is 37.6 Å². The highest BCUT2D eigenvalue weighted by Crippen LogP contribution is 2.17. The van der Waals surface area contributed by atoms with Crippen molar-refractivity contribution in [2.45, 2.75) is 26.3 Å². The summed E-state index contributed by atoms with van der Waals surface area (Å²) < 4.78 is 5.13. The van der Waals surface area contributed by atoms with E-state index in [4.69, 9.17) is 4.74 Å². The van der Waals surface area contributed by atoms with E-state index in [-0.39, 0.29) is 11.4 Å². The lowest BCUT2D eigenvalue weighted by Crippen LogP contribution is -2.28. The van der Waals surface area contributed by atoms with Crippen LogP contribution < -0.4 is 15.4 Å². The number of hydrogen-bond acceptors (Lipinski definition) is 5. The van der Waals surface area contributed by atoms with Crippen molar-refractivity contribution >= 4 is 17.5 Å². The van der Waals surface area contributed by atoms with Crippen molar-refractivity contribution < 1.29 is 9.53 Å². The maximum absolute atomic E-state index is 12.3. The fraction of sp³-hybridized carbons (Fsp3) is 0.312. The number of nitrogens with one attached hydrogen (secondary N) is 2. The molecular weight excluding hydrogens is 280 g/mol. The summed E-state index contributed by atoms with van der Waals surface area (Å²) in [6.07, 6.45) is 1.56. The fourth-order valence-electron chi connectivity index (χ4n) is 1.78. The molecule has 0 bridgehead atoms. The molecular formula is C16H20N4O2. The molecule has 1 aromatic carbocycles. The van der Waals surface area contributed by atoms with Gasteiger partial charge in [-0.3, -0.25) is 4.79 Å². The number of rotatable bonds is 4. The number of aromatic nitrogens is 2. The third-order valence-electron chi connectivity index (χ3n) is 2.70. The van der Waals surface area contributed by atoms with Crippen molar-refractivity contribution in [2.75, 3.05) is 17.7 Å². The molecule has 0 spiro atoms. The van der Waals surface area contributed by atoms with Crippen molar-refractivity contribution in [3.8, 4) is 5.75 Å². The molecule has 0 atom stereocenters. The number of ether oxygens (including phenoxy) is 1. The minimum atomic E-state index is -0.299. The van der Waals surface area contributed by atoms with Crippen LogP contribution in [-0.2, 0) is 0 Å². The Morgan fingerprint density at radius 1 is 1.23 bits per heavy atom. The van der Waals surface area contributed by atoms with Crippen LogP contribution in [0.1, 0.15) is 31.3 Å². The normalized spacial score (nSPS) is 10.9. The monoisotopic (exact) mass is 300 g/mol. The Kier molecular flexibility index (Phi) is 4.60. The van der Waals surface area contributed by atoms with Gasteiger partial charge in [-0.2, -0.15) is 0 Å². The van der Waals surface area contributed by atoms with Gasteiger partial charge in [0.2, 0.25) is 5.95 Å². The van der Waals surface area contributed by atoms with Crippen molar-refractivity contribution in [3.05, 3.63) is 42.2 Å². The highest BCUT2D eigenvalue weighted by Gasteiger charge is 2.14. The van der Waals surface area contributed by atoms with Gasteiger partial charge in [0.25, 0.3) is 5.91 Å². The van der Waals surface area contributed by atoms with Gasteiger partial charge in [-0.25, -0.2) is 9.97 Å². The van der Waals surface area contributed by atoms with Gasteiger partial charge in [-0.1, -0.05) is 6.07 Å². The van der Waals surface area contributed by atoms with Crippen LogP contribution in [0.4, 0.5) is 11.6 Å². The summed E-state index contributed by atoms with van der Waals surface area (Å²) in [5, 5.41) is 5.92. The van der Waals surface area contributed by atoms with Crippen molar-refractivity contribution in [1.82, 2.24) is 9.97 Å². The van der Waals surface area contributed by atoms with Gasteiger partial charge in [-0.15, -0.1) is 0 Å². The van der Waals surface area contributed by atoms with Gasteiger partial charge in [0.05, 0.1) is 7.11 Å². The molecule has 1 heterocycles. The number of anilines is 2. The van der Waals surface area contributed by atoms with Gasteiger partial charge in [0, 0.05) is 23.5 Å². The first-order valence-electron chi connectivity index (χ1n) is 6.94. The summed E-state index contributed by atoms with van der Waals surface area (Å²) in [5.74, 6) is 0.800. The quantitative estimate of drug-likeness (QED) is 0.908. The highest BCUT2D eigenvalue weighted by atomic mass is 16.5. The Labute approximate surface area is 129 Å². The lowest BCUT2D eigenvalue weighted by molar-refractivity contribution is 0.102. The van der Waals surface area contributed by atoms with E-state index in [2.05, 4.69) is 20.6 Å². The number of methoxy groups -OCH3 is 1. The lowest BCUT2D eigenvalue weighted by atomic mass is 10.1. The highest BCUT2D eigenvalue weighted by molar-refractivity contribution is 6.03. The SMILES string of the molecule is COc1cccc(NC(=O)c2ccnc(NC(C)(C)C)n2)c1. The number of hydrogen-bond donors (Lipinski definition) is 2. The lowest BCUT2D eigenvalue weighted by Gasteiger charge is -2.20. The Morgan fingerprint density at radius 2 is 2.00 bits per heavy atom. The molecule has 0 aliphatic heterocycles. The maximum Gasteiger partial charge on any atom is 0.274 e. The van der Waals surface area contributed by atoms with Gasteiger partial charge >= 0.3 is 0 Å². The van der Waals surface area contributed by atoms with Crippen molar-refractivity contribution in [3.63, 3.8) is 0 Å². The number of carbonyl (C=O) groups is 1. The predicted molar refractivity (Wildman–Crippen MR) is 86.4 cm³/mol. The topological polar surface area (TPSA) is 76.1 Å². The molecule has 0 aliphatic rings. The van der Waals surface area contributed by atoms with E-state index < -0.39 is 0 Å². The van der Waals surface area contributed by atoms with Crippen LogP contribution in [0.5, 0.6) is 5.75 Å². The van der Waals surface area contributed by atoms with Crippen LogP contribution in [0, 0.1) is 0 Å². The predicted octanol–water partition coefficient (Wildman–Crippen LogP) is 2.95. The molecule has 2 rings (SSSR count). The van der Waals surface area contributed by atoms with Crippen LogP contribution in [0.2, 0.25) is 0 Å². The molecule has 0 saturated carbocycles. The minimum absolute atomic E-state index is 0.179. The molecule has 2 aromatic rings. The van der Waals surface area contributed by atoms with Gasteiger partial charge in [-0.05, 0) is 39.0 Å². The Bertz CT molecular complexity index is 665. The number of carbonyl (C=O) groups excluding carboxylic acids is 1. The van der Waals surface area contributed by atoms with Crippen LogP contribution in [0.3, 0.4) is 0 Å². The first-order chi connectivity index (χ1) is 10.4. The van der Waals surface area contributed by atoms with Crippen molar-refractivity contribution in [1.29, 1.82) is 0 Å². The third kappa shape index (κ3) is 4.44. The van der Waals surface area contributed by atoms with E-state index >= 15 is 0 Å². The zero-order chi connectivity index (χ0) is 16.2. The minimum Gasteiger partial charge on any atom is -0.497 e. The van der Waals surface area contributed by atoms with E-state index in [0.29, 0.717) is 23.1 Å². The summed E-state index contributed by atoms with van der Waals surface area (Å²) in [5.41, 5.74) is 0.764. The number of amides is 1. The van der Waals surface area contributed by atoms with E-state index in [9.17, 15) is 4.79 Å². The third-order valence-corrected chi connectivity index (χ3v) is 2.70. The molecule has 6 nitrogen and oxygen atoms in total. The zero-order valence-corrected chi connectivity index (χ0v) is 13.2. The smallest absolute Gasteiger partial charge is 0.274 e. The molecule has 0 unspecified atom stereocenters. The average Bonchev–Trinajstić information content (AvgIpc) is 2.46. The molecule has 0 saturated heterocycles. The Hall–Kier alpha value is -2.63. The summed E-state index contributed by atoms with van der Waals surface area (Å²) in [4.78, 5) is 20.6. The molecule has 6 heteroatoms. The first kappa shape index (κ1) is 15.8. The molecule has 1 amide bonds. The molecule has 22 heavy (non-hydrogen) atoms. The summed E-state index contributed by atoms with van der Waals surface area (Å²) in [7, 11) is 1.58. The van der Waals surface area contributed by atoms with Crippen molar-refractivity contribution in [2.24, 2.45) is 0 Å². The maximum atomic E-state index is 12.3. The number of nitrogens with zero attached hydrogens (tertiary/aromatic N) is 2. The summed E-state index contributed by atoms with van der Waals surface area (Å²) in [6, 6.07) is 8.72. The summed E-state index contributed by atoms with van der Waals surface area (Å²) >= 11 is 0. The largest absolute Gasteiger partial charge is 0.497 e. The van der Waals surface area contributed by atoms with E-state index in [1.807, 2.05) is 26.8 Å².